The second-order valence-corrected chi connectivity index (χ2v) is 8.78. The second kappa shape index (κ2) is 10.9. The maximum absolute atomic E-state index is 12.8. The van der Waals surface area contributed by atoms with Crippen LogP contribution in [0.5, 0.6) is 0 Å². The summed E-state index contributed by atoms with van der Waals surface area (Å²) in [5.74, 6) is 0.565. The van der Waals surface area contributed by atoms with Crippen LogP contribution in [0.15, 0.2) is 42.5 Å². The minimum absolute atomic E-state index is 0.0602. The third-order valence-electron chi connectivity index (χ3n) is 6.40. The first kappa shape index (κ1) is 22.8. The van der Waals surface area contributed by atoms with Gasteiger partial charge in [0.25, 0.3) is 5.91 Å². The highest BCUT2D eigenvalue weighted by Crippen LogP contribution is 2.36. The minimum Gasteiger partial charge on any atom is -0.396 e. The van der Waals surface area contributed by atoms with Crippen LogP contribution in [0.4, 0.5) is 0 Å². The second-order valence-electron chi connectivity index (χ2n) is 8.35. The third-order valence-corrected chi connectivity index (χ3v) is 6.65. The van der Waals surface area contributed by atoms with Gasteiger partial charge in [-0.15, -0.1) is 0 Å². The van der Waals surface area contributed by atoms with E-state index in [1.807, 2.05) is 11.9 Å². The number of benzene rings is 2. The summed E-state index contributed by atoms with van der Waals surface area (Å²) in [5, 5.41) is 9.62. The minimum atomic E-state index is 0.0602. The summed E-state index contributed by atoms with van der Waals surface area (Å²) in [6.07, 6.45) is 6.97. The smallest absolute Gasteiger partial charge is 0.253 e. The van der Waals surface area contributed by atoms with E-state index in [-0.39, 0.29) is 18.6 Å². The molecule has 4 nitrogen and oxygen atoms in total. The first-order valence-electron chi connectivity index (χ1n) is 11.0. The van der Waals surface area contributed by atoms with Gasteiger partial charge in [0.2, 0.25) is 0 Å². The summed E-state index contributed by atoms with van der Waals surface area (Å²) in [7, 11) is 1.91. The third kappa shape index (κ3) is 5.63. The van der Waals surface area contributed by atoms with Crippen molar-refractivity contribution in [2.45, 2.75) is 63.5 Å². The maximum Gasteiger partial charge on any atom is 0.253 e. The van der Waals surface area contributed by atoms with E-state index in [1.165, 1.54) is 16.7 Å². The number of aliphatic hydroxyl groups excluding tert-OH is 1. The molecule has 1 amide bonds. The number of hydrogen-bond acceptors (Lipinski definition) is 3. The van der Waals surface area contributed by atoms with E-state index in [0.29, 0.717) is 23.0 Å². The first-order chi connectivity index (χ1) is 14.5. The van der Waals surface area contributed by atoms with Gasteiger partial charge in [0.15, 0.2) is 0 Å². The monoisotopic (exact) mass is 428 g/mol. The van der Waals surface area contributed by atoms with Gasteiger partial charge in [-0.05, 0) is 91.8 Å². The summed E-state index contributed by atoms with van der Waals surface area (Å²) < 4.78 is 0. The fourth-order valence-electron chi connectivity index (χ4n) is 4.57. The molecular formula is C25H33ClN2O2. The summed E-state index contributed by atoms with van der Waals surface area (Å²) >= 11 is 5.94. The van der Waals surface area contributed by atoms with Crippen LogP contribution >= 0.6 is 11.6 Å². The SMILES string of the molecule is CN(C(=O)c1ccc(Cl)cc1)C1CCC(c2ccc(CCCCO)cc2CN)CC1. The van der Waals surface area contributed by atoms with Gasteiger partial charge in [0, 0.05) is 36.8 Å². The molecule has 3 rings (SSSR count). The molecule has 2 aromatic carbocycles. The number of carbonyl (C=O) groups is 1. The summed E-state index contributed by atoms with van der Waals surface area (Å²) in [5.41, 5.74) is 10.7. The molecule has 2 aromatic rings. The normalized spacial score (nSPS) is 18.9. The van der Waals surface area contributed by atoms with Crippen LogP contribution in [0.2, 0.25) is 5.02 Å². The zero-order chi connectivity index (χ0) is 21.5. The Hall–Kier alpha value is -1.88. The van der Waals surface area contributed by atoms with Crippen molar-refractivity contribution in [3.05, 3.63) is 69.7 Å². The quantitative estimate of drug-likeness (QED) is 0.587. The van der Waals surface area contributed by atoms with Crippen LogP contribution in [0, 0.1) is 0 Å². The Kier molecular flexibility index (Phi) is 8.32. The van der Waals surface area contributed by atoms with Gasteiger partial charge in [0.1, 0.15) is 0 Å². The van der Waals surface area contributed by atoms with E-state index in [0.717, 1.165) is 44.9 Å². The molecule has 0 aliphatic heterocycles. The largest absolute Gasteiger partial charge is 0.396 e. The Morgan fingerprint density at radius 3 is 2.43 bits per heavy atom. The van der Waals surface area contributed by atoms with Crippen molar-refractivity contribution < 1.29 is 9.90 Å². The number of nitrogens with two attached hydrogens (primary N) is 1. The zero-order valence-corrected chi connectivity index (χ0v) is 18.6. The molecular weight excluding hydrogens is 396 g/mol. The molecule has 0 spiro atoms. The number of amides is 1. The Morgan fingerprint density at radius 2 is 1.80 bits per heavy atom. The number of hydrogen-bond donors (Lipinski definition) is 2. The Balaban J connectivity index is 1.60. The Labute approximate surface area is 185 Å². The summed E-state index contributed by atoms with van der Waals surface area (Å²) in [6.45, 7) is 0.804. The molecule has 0 saturated heterocycles. The number of unbranched alkanes of at least 4 members (excludes halogenated alkanes) is 1. The molecule has 1 aliphatic rings. The number of carbonyl (C=O) groups excluding carboxylic acids is 1. The zero-order valence-electron chi connectivity index (χ0n) is 17.8. The molecule has 0 atom stereocenters. The van der Waals surface area contributed by atoms with Gasteiger partial charge >= 0.3 is 0 Å². The van der Waals surface area contributed by atoms with Crippen molar-refractivity contribution in [3.63, 3.8) is 0 Å². The van der Waals surface area contributed by atoms with Crippen molar-refractivity contribution in [1.29, 1.82) is 0 Å². The highest BCUT2D eigenvalue weighted by molar-refractivity contribution is 6.30. The van der Waals surface area contributed by atoms with E-state index in [4.69, 9.17) is 22.4 Å². The average molecular weight is 429 g/mol. The van der Waals surface area contributed by atoms with Gasteiger partial charge in [0.05, 0.1) is 0 Å². The number of rotatable bonds is 8. The highest BCUT2D eigenvalue weighted by atomic mass is 35.5. The van der Waals surface area contributed by atoms with Crippen LogP contribution in [-0.2, 0) is 13.0 Å². The maximum atomic E-state index is 12.8. The van der Waals surface area contributed by atoms with E-state index in [1.54, 1.807) is 24.3 Å². The molecule has 1 aliphatic carbocycles. The van der Waals surface area contributed by atoms with Crippen LogP contribution in [0.25, 0.3) is 0 Å². The lowest BCUT2D eigenvalue weighted by Gasteiger charge is -2.35. The van der Waals surface area contributed by atoms with E-state index < -0.39 is 0 Å². The Bertz CT molecular complexity index is 830. The number of nitrogens with zero attached hydrogens (tertiary/aromatic N) is 1. The number of halogens is 1. The predicted octanol–water partition coefficient (Wildman–Crippen LogP) is 4.91. The van der Waals surface area contributed by atoms with Crippen LogP contribution in [0.3, 0.4) is 0 Å². The lowest BCUT2D eigenvalue weighted by atomic mass is 9.79. The summed E-state index contributed by atoms with van der Waals surface area (Å²) in [6, 6.07) is 14.1. The lowest BCUT2D eigenvalue weighted by molar-refractivity contribution is 0.0689. The molecule has 162 valence electrons. The summed E-state index contributed by atoms with van der Waals surface area (Å²) in [4.78, 5) is 14.7. The number of aliphatic hydroxyl groups is 1. The predicted molar refractivity (Wildman–Crippen MR) is 123 cm³/mol. The van der Waals surface area contributed by atoms with Crippen LogP contribution < -0.4 is 5.73 Å². The standard InChI is InChI=1S/C25H33ClN2O2/c1-28(25(30)20-6-10-22(26)11-7-20)23-12-8-19(9-13-23)24-14-5-18(4-2-3-15-29)16-21(24)17-27/h5-7,10-11,14,16,19,23,29H,2-4,8-9,12-13,15,17,27H2,1H3. The van der Waals surface area contributed by atoms with Crippen LogP contribution in [-0.4, -0.2) is 35.6 Å². The molecule has 0 radical (unpaired) electrons. The van der Waals surface area contributed by atoms with Gasteiger partial charge in [-0.25, -0.2) is 0 Å². The van der Waals surface area contributed by atoms with Gasteiger partial charge < -0.3 is 15.7 Å². The van der Waals surface area contributed by atoms with E-state index >= 15 is 0 Å². The first-order valence-corrected chi connectivity index (χ1v) is 11.4. The average Bonchev–Trinajstić information content (AvgIpc) is 2.79. The van der Waals surface area contributed by atoms with Gasteiger partial charge in [-0.3, -0.25) is 4.79 Å². The molecule has 3 N–H and O–H groups in total. The van der Waals surface area contributed by atoms with Crippen molar-refractivity contribution >= 4 is 17.5 Å². The highest BCUT2D eigenvalue weighted by Gasteiger charge is 2.28. The number of aryl methyl sites for hydroxylation is 1. The Morgan fingerprint density at radius 1 is 1.10 bits per heavy atom. The van der Waals surface area contributed by atoms with Gasteiger partial charge in [-0.2, -0.15) is 0 Å². The van der Waals surface area contributed by atoms with E-state index in [9.17, 15) is 4.79 Å². The molecule has 0 unspecified atom stereocenters. The fraction of sp³-hybridized carbons (Fsp3) is 0.480. The lowest BCUT2D eigenvalue weighted by Crippen LogP contribution is -2.39. The molecule has 0 heterocycles. The molecule has 30 heavy (non-hydrogen) atoms. The van der Waals surface area contributed by atoms with Crippen molar-refractivity contribution in [2.24, 2.45) is 5.73 Å². The molecule has 1 saturated carbocycles. The van der Waals surface area contributed by atoms with Gasteiger partial charge in [-0.1, -0.05) is 29.8 Å². The molecule has 0 aromatic heterocycles. The molecule has 5 heteroatoms. The van der Waals surface area contributed by atoms with Crippen molar-refractivity contribution in [2.75, 3.05) is 13.7 Å². The van der Waals surface area contributed by atoms with Crippen LogP contribution in [0.1, 0.15) is 71.5 Å². The molecule has 0 bridgehead atoms. The molecule has 1 fully saturated rings. The van der Waals surface area contributed by atoms with E-state index in [2.05, 4.69) is 18.2 Å². The van der Waals surface area contributed by atoms with Crippen molar-refractivity contribution in [1.82, 2.24) is 4.90 Å². The topological polar surface area (TPSA) is 66.6 Å². The fourth-order valence-corrected chi connectivity index (χ4v) is 4.69. The van der Waals surface area contributed by atoms with Crippen molar-refractivity contribution in [3.8, 4) is 0 Å².